The van der Waals surface area contributed by atoms with Crippen LogP contribution < -0.4 is 15.4 Å². The highest BCUT2D eigenvalue weighted by molar-refractivity contribution is 7.59. The smallest absolute Gasteiger partial charge is 0.406 e. The van der Waals surface area contributed by atoms with E-state index < -0.39 is 12.3 Å². The lowest BCUT2D eigenvalue weighted by Gasteiger charge is -2.32. The largest absolute Gasteiger partial charge is 0.573 e. The highest BCUT2D eigenvalue weighted by Gasteiger charge is 2.35. The van der Waals surface area contributed by atoms with Gasteiger partial charge in [0, 0.05) is 30.4 Å². The molecule has 0 bridgehead atoms. The number of carbonyl (C=O) groups is 2. The molecule has 4 rings (SSSR count). The molecule has 8 nitrogen and oxygen atoms in total. The molecule has 1 aliphatic heterocycles. The molecular formula is C22H22F3N5O3S. The van der Waals surface area contributed by atoms with Crippen LogP contribution in [0.1, 0.15) is 44.9 Å². The van der Waals surface area contributed by atoms with E-state index >= 15 is 0 Å². The summed E-state index contributed by atoms with van der Waals surface area (Å²) in [6.45, 7) is 3.90. The van der Waals surface area contributed by atoms with Gasteiger partial charge < -0.3 is 15.4 Å². The number of nitrogen functional groups attached to an aromatic ring is 1. The molecule has 0 aliphatic carbocycles. The fraction of sp³-hybridized carbons (Fsp3) is 0.273. The maximum atomic E-state index is 13.3. The first-order chi connectivity index (χ1) is 15.5. The third-order valence-corrected chi connectivity index (χ3v) is 5.27. The molecule has 180 valence electrons. The number of hydrogen-bond acceptors (Lipinski definition) is 6. The quantitative estimate of drug-likeness (QED) is 0.542. The van der Waals surface area contributed by atoms with E-state index in [4.69, 9.17) is 5.73 Å². The van der Waals surface area contributed by atoms with Crippen molar-refractivity contribution in [3.8, 4) is 5.75 Å². The van der Waals surface area contributed by atoms with Gasteiger partial charge in [0.2, 0.25) is 0 Å². The van der Waals surface area contributed by atoms with Crippen LogP contribution in [0, 0.1) is 6.92 Å². The first-order valence-electron chi connectivity index (χ1n) is 10.0. The number of alkyl halides is 3. The number of benzene rings is 1. The molecule has 0 spiro atoms. The molecular weight excluding hydrogens is 471 g/mol. The number of ketones is 1. The SMILES string of the molecule is Cc1cnc(N)c(C(=O)Cc2cnn3c2C(=O)N(c2ccc(OC(F)(F)F)cc2)C[C@@H]3C)c1.S. The van der Waals surface area contributed by atoms with Crippen molar-refractivity contribution >= 4 is 36.7 Å². The summed E-state index contributed by atoms with van der Waals surface area (Å²) in [5, 5.41) is 4.28. The first-order valence-corrected chi connectivity index (χ1v) is 10.0. The Balaban J connectivity index is 0.00000324. The fourth-order valence-electron chi connectivity index (χ4n) is 3.77. The molecule has 0 fully saturated rings. The van der Waals surface area contributed by atoms with E-state index in [0.29, 0.717) is 11.3 Å². The van der Waals surface area contributed by atoms with Gasteiger partial charge in [-0.3, -0.25) is 14.3 Å². The van der Waals surface area contributed by atoms with E-state index in [-0.39, 0.29) is 61.1 Å². The van der Waals surface area contributed by atoms with Gasteiger partial charge in [-0.15, -0.1) is 13.2 Å². The van der Waals surface area contributed by atoms with Crippen molar-refractivity contribution in [2.75, 3.05) is 17.2 Å². The maximum Gasteiger partial charge on any atom is 0.573 e. The molecule has 1 amide bonds. The lowest BCUT2D eigenvalue weighted by molar-refractivity contribution is -0.274. The Morgan fingerprint density at radius 3 is 2.56 bits per heavy atom. The number of aryl methyl sites for hydroxylation is 1. The van der Waals surface area contributed by atoms with Gasteiger partial charge >= 0.3 is 6.36 Å². The monoisotopic (exact) mass is 493 g/mol. The second-order valence-corrected chi connectivity index (χ2v) is 7.81. The zero-order valence-corrected chi connectivity index (χ0v) is 19.3. The van der Waals surface area contributed by atoms with Crippen molar-refractivity contribution in [3.05, 3.63) is 65.1 Å². The van der Waals surface area contributed by atoms with Gasteiger partial charge in [-0.2, -0.15) is 18.6 Å². The van der Waals surface area contributed by atoms with Gasteiger partial charge in [-0.1, -0.05) is 0 Å². The van der Waals surface area contributed by atoms with Crippen molar-refractivity contribution in [3.63, 3.8) is 0 Å². The highest BCUT2D eigenvalue weighted by Crippen LogP contribution is 2.31. The number of ether oxygens (including phenoxy) is 1. The molecule has 0 saturated carbocycles. The van der Waals surface area contributed by atoms with Crippen molar-refractivity contribution < 1.29 is 27.5 Å². The van der Waals surface area contributed by atoms with Gasteiger partial charge in [-0.05, 0) is 49.7 Å². The predicted octanol–water partition coefficient (Wildman–Crippen LogP) is 3.83. The topological polar surface area (TPSA) is 103 Å². The van der Waals surface area contributed by atoms with Gasteiger partial charge in [0.15, 0.2) is 5.78 Å². The standard InChI is InChI=1S/C22H20F3N5O3.H2S/c1-12-7-17(20(26)27-9-12)18(31)8-14-10-28-30-13(2)11-29(21(32)19(14)30)15-3-5-16(6-4-15)33-22(23,24)25;/h3-7,9-10,13H,8,11H2,1-2H3,(H2,26,27);1H2/t13-;/m0./s1. The Morgan fingerprint density at radius 1 is 1.24 bits per heavy atom. The number of nitrogens with two attached hydrogens (primary N) is 1. The van der Waals surface area contributed by atoms with Crippen molar-refractivity contribution in [1.29, 1.82) is 0 Å². The summed E-state index contributed by atoms with van der Waals surface area (Å²) in [6, 6.07) is 6.46. The summed E-state index contributed by atoms with van der Waals surface area (Å²) in [6.07, 6.45) is -1.87. The van der Waals surface area contributed by atoms with Crippen LogP contribution in [0.2, 0.25) is 0 Å². The summed E-state index contributed by atoms with van der Waals surface area (Å²) in [7, 11) is 0. The predicted molar refractivity (Wildman–Crippen MR) is 124 cm³/mol. The Kier molecular flexibility index (Phi) is 6.92. The number of carbonyl (C=O) groups excluding carboxylic acids is 2. The number of rotatable bonds is 5. The number of nitrogens with zero attached hydrogens (tertiary/aromatic N) is 4. The van der Waals surface area contributed by atoms with Gasteiger partial charge in [0.05, 0.1) is 17.8 Å². The number of aromatic nitrogens is 3. The molecule has 3 heterocycles. The molecule has 34 heavy (non-hydrogen) atoms. The average molecular weight is 494 g/mol. The summed E-state index contributed by atoms with van der Waals surface area (Å²) in [5.74, 6) is -0.988. The number of anilines is 2. The second-order valence-electron chi connectivity index (χ2n) is 7.81. The molecule has 2 N–H and O–H groups in total. The normalized spacial score (nSPS) is 15.5. The number of hydrogen-bond donors (Lipinski definition) is 1. The fourth-order valence-corrected chi connectivity index (χ4v) is 3.77. The number of pyridine rings is 1. The minimum absolute atomic E-state index is 0. The molecule has 1 aromatic carbocycles. The summed E-state index contributed by atoms with van der Waals surface area (Å²) in [4.78, 5) is 31.6. The lowest BCUT2D eigenvalue weighted by atomic mass is 10.0. The highest BCUT2D eigenvalue weighted by atomic mass is 32.1. The second kappa shape index (κ2) is 9.37. The molecule has 2 aromatic heterocycles. The van der Waals surface area contributed by atoms with Gasteiger partial charge in [0.25, 0.3) is 5.91 Å². The summed E-state index contributed by atoms with van der Waals surface area (Å²) in [5.41, 5.74) is 7.97. The Bertz CT molecular complexity index is 1230. The number of Topliss-reactive ketones (excluding diaryl/α,β-unsaturated/α-hetero) is 1. The van der Waals surface area contributed by atoms with Crippen LogP contribution in [0.4, 0.5) is 24.7 Å². The van der Waals surface area contributed by atoms with Crippen LogP contribution in [-0.4, -0.2) is 39.4 Å². The number of amides is 1. The molecule has 0 unspecified atom stereocenters. The van der Waals surface area contributed by atoms with Crippen molar-refractivity contribution in [1.82, 2.24) is 14.8 Å². The molecule has 3 aromatic rings. The zero-order valence-electron chi connectivity index (χ0n) is 18.3. The third-order valence-electron chi connectivity index (χ3n) is 5.27. The summed E-state index contributed by atoms with van der Waals surface area (Å²) < 4.78 is 42.7. The Morgan fingerprint density at radius 2 is 1.91 bits per heavy atom. The first kappa shape index (κ1) is 25.1. The van der Waals surface area contributed by atoms with E-state index in [1.165, 1.54) is 23.2 Å². The lowest BCUT2D eigenvalue weighted by Crippen LogP contribution is -2.43. The Labute approximate surface area is 200 Å². The van der Waals surface area contributed by atoms with Crippen LogP contribution in [0.15, 0.2) is 42.7 Å². The Hall–Kier alpha value is -3.54. The molecule has 12 heteroatoms. The third kappa shape index (κ3) is 5.01. The van der Waals surface area contributed by atoms with Gasteiger partial charge in [-0.25, -0.2) is 4.98 Å². The van der Waals surface area contributed by atoms with Gasteiger partial charge in [0.1, 0.15) is 17.3 Å². The van der Waals surface area contributed by atoms with E-state index in [9.17, 15) is 22.8 Å². The zero-order chi connectivity index (χ0) is 23.9. The minimum atomic E-state index is -4.80. The van der Waals surface area contributed by atoms with Crippen LogP contribution in [0.25, 0.3) is 0 Å². The molecule has 0 radical (unpaired) electrons. The van der Waals surface area contributed by atoms with E-state index in [1.807, 2.05) is 6.92 Å². The van der Waals surface area contributed by atoms with Crippen LogP contribution in [0.5, 0.6) is 5.75 Å². The van der Waals surface area contributed by atoms with Crippen molar-refractivity contribution in [2.45, 2.75) is 32.7 Å². The van der Waals surface area contributed by atoms with E-state index in [0.717, 1.165) is 17.7 Å². The number of fused-ring (bicyclic) bond motifs is 1. The van der Waals surface area contributed by atoms with Crippen molar-refractivity contribution in [2.24, 2.45) is 0 Å². The average Bonchev–Trinajstić information content (AvgIpc) is 3.16. The summed E-state index contributed by atoms with van der Waals surface area (Å²) >= 11 is 0. The molecule has 1 atom stereocenters. The molecule has 0 saturated heterocycles. The van der Waals surface area contributed by atoms with Crippen LogP contribution >= 0.6 is 13.5 Å². The van der Waals surface area contributed by atoms with Crippen LogP contribution in [-0.2, 0) is 6.42 Å². The maximum absolute atomic E-state index is 13.3. The van der Waals surface area contributed by atoms with E-state index in [2.05, 4.69) is 14.8 Å². The number of halogens is 3. The van der Waals surface area contributed by atoms with Crippen LogP contribution in [0.3, 0.4) is 0 Å². The minimum Gasteiger partial charge on any atom is -0.406 e. The van der Waals surface area contributed by atoms with E-state index in [1.54, 1.807) is 23.9 Å². The molecule has 1 aliphatic rings.